The topological polar surface area (TPSA) is 52.0 Å². The van der Waals surface area contributed by atoms with Crippen LogP contribution < -0.4 is 10.1 Å². The third-order valence-corrected chi connectivity index (χ3v) is 3.24. The van der Waals surface area contributed by atoms with Crippen LogP contribution in [0.15, 0.2) is 24.5 Å². The van der Waals surface area contributed by atoms with Gasteiger partial charge in [-0.15, -0.1) is 0 Å². The van der Waals surface area contributed by atoms with Crippen LogP contribution in [0.1, 0.15) is 30.8 Å². The highest BCUT2D eigenvalue weighted by molar-refractivity contribution is 5.40. The number of hydrogen-bond acceptors (Lipinski definition) is 4. The number of rotatable bonds is 7. The van der Waals surface area contributed by atoms with Crippen LogP contribution in [0.25, 0.3) is 0 Å². The summed E-state index contributed by atoms with van der Waals surface area (Å²) in [5, 5.41) is 7.43. The largest absolute Gasteiger partial charge is 0.485 e. The van der Waals surface area contributed by atoms with E-state index in [1.807, 2.05) is 11.7 Å². The van der Waals surface area contributed by atoms with Crippen LogP contribution in [0.3, 0.4) is 0 Å². The van der Waals surface area contributed by atoms with Crippen molar-refractivity contribution in [2.45, 2.75) is 40.5 Å². The van der Waals surface area contributed by atoms with Crippen LogP contribution in [0.5, 0.6) is 5.75 Å². The Bertz CT molecular complexity index is 577. The molecule has 0 spiro atoms. The monoisotopic (exact) mass is 288 g/mol. The number of ether oxygens (including phenoxy) is 1. The van der Waals surface area contributed by atoms with E-state index in [-0.39, 0.29) is 0 Å². The van der Waals surface area contributed by atoms with Gasteiger partial charge in [0, 0.05) is 18.7 Å². The number of benzene rings is 1. The molecule has 0 saturated heterocycles. The van der Waals surface area contributed by atoms with Crippen molar-refractivity contribution in [3.63, 3.8) is 0 Å². The van der Waals surface area contributed by atoms with E-state index in [4.69, 9.17) is 4.74 Å². The van der Waals surface area contributed by atoms with Crippen molar-refractivity contribution in [3.05, 3.63) is 41.5 Å². The zero-order chi connectivity index (χ0) is 15.2. The number of aryl methyl sites for hydroxylation is 1. The predicted octanol–water partition coefficient (Wildman–Crippen LogP) is 2.54. The minimum Gasteiger partial charge on any atom is -0.485 e. The van der Waals surface area contributed by atoms with E-state index in [0.29, 0.717) is 12.5 Å². The minimum absolute atomic E-state index is 0.439. The molecular formula is C16H24N4O. The van der Waals surface area contributed by atoms with Crippen molar-refractivity contribution in [3.8, 4) is 5.75 Å². The van der Waals surface area contributed by atoms with Crippen molar-refractivity contribution in [2.75, 3.05) is 7.05 Å². The Labute approximate surface area is 126 Å². The van der Waals surface area contributed by atoms with E-state index in [2.05, 4.69) is 54.4 Å². The molecule has 21 heavy (non-hydrogen) atoms. The lowest BCUT2D eigenvalue weighted by molar-refractivity contribution is 0.277. The Morgan fingerprint density at radius 1 is 1.33 bits per heavy atom. The molecule has 0 saturated carbocycles. The molecule has 1 aromatic carbocycles. The highest BCUT2D eigenvalue weighted by atomic mass is 16.5. The fourth-order valence-corrected chi connectivity index (χ4v) is 2.28. The summed E-state index contributed by atoms with van der Waals surface area (Å²) < 4.78 is 7.94. The first kappa shape index (κ1) is 15.5. The van der Waals surface area contributed by atoms with Gasteiger partial charge in [0.2, 0.25) is 0 Å². The molecule has 0 aliphatic carbocycles. The number of para-hydroxylation sites is 1. The number of hydrogen-bond donors (Lipinski definition) is 1. The van der Waals surface area contributed by atoms with Gasteiger partial charge in [0.05, 0.1) is 0 Å². The second-order valence-electron chi connectivity index (χ2n) is 5.63. The first-order valence-corrected chi connectivity index (χ1v) is 7.34. The third-order valence-electron chi connectivity index (χ3n) is 3.24. The van der Waals surface area contributed by atoms with Gasteiger partial charge < -0.3 is 10.1 Å². The lowest BCUT2D eigenvalue weighted by atomic mass is 10.1. The summed E-state index contributed by atoms with van der Waals surface area (Å²) in [6.07, 6.45) is 1.59. The standard InChI is InChI=1S/C16H24N4O/c1-12(2)9-20-15(18-11-19-20)10-21-16-13(3)6-5-7-14(16)8-17-4/h5-7,11-12,17H,8-10H2,1-4H3. The molecule has 0 amide bonds. The molecule has 0 aliphatic rings. The zero-order valence-electron chi connectivity index (χ0n) is 13.3. The SMILES string of the molecule is CNCc1cccc(C)c1OCc1ncnn1CC(C)C. The molecule has 0 unspecified atom stereocenters. The van der Waals surface area contributed by atoms with E-state index in [0.717, 1.165) is 35.8 Å². The second kappa shape index (κ2) is 7.22. The Hall–Kier alpha value is -1.88. The van der Waals surface area contributed by atoms with Crippen LogP contribution in [0.2, 0.25) is 0 Å². The molecule has 1 N–H and O–H groups in total. The number of aromatic nitrogens is 3. The fraction of sp³-hybridized carbons (Fsp3) is 0.500. The van der Waals surface area contributed by atoms with Gasteiger partial charge in [-0.1, -0.05) is 32.0 Å². The Kier molecular flexibility index (Phi) is 5.33. The maximum absolute atomic E-state index is 6.02. The lowest BCUT2D eigenvalue weighted by Crippen LogP contribution is -2.13. The smallest absolute Gasteiger partial charge is 0.164 e. The molecule has 0 atom stereocenters. The first-order valence-electron chi connectivity index (χ1n) is 7.34. The molecule has 0 aliphatic heterocycles. The highest BCUT2D eigenvalue weighted by Crippen LogP contribution is 2.24. The maximum Gasteiger partial charge on any atom is 0.164 e. The number of nitrogens with zero attached hydrogens (tertiary/aromatic N) is 3. The summed E-state index contributed by atoms with van der Waals surface area (Å²) in [6, 6.07) is 6.20. The lowest BCUT2D eigenvalue weighted by Gasteiger charge is -2.14. The molecule has 114 valence electrons. The van der Waals surface area contributed by atoms with Crippen LogP contribution >= 0.6 is 0 Å². The average Bonchev–Trinajstić information content (AvgIpc) is 2.85. The molecule has 0 radical (unpaired) electrons. The molecule has 0 fully saturated rings. The molecule has 2 aromatic rings. The average molecular weight is 288 g/mol. The van der Waals surface area contributed by atoms with Gasteiger partial charge in [-0.05, 0) is 25.5 Å². The van der Waals surface area contributed by atoms with E-state index in [1.165, 1.54) is 0 Å². The van der Waals surface area contributed by atoms with Gasteiger partial charge in [-0.3, -0.25) is 0 Å². The van der Waals surface area contributed by atoms with Gasteiger partial charge in [0.1, 0.15) is 18.7 Å². The normalized spacial score (nSPS) is 11.1. The van der Waals surface area contributed by atoms with Crippen LogP contribution in [-0.2, 0) is 19.7 Å². The Balaban J connectivity index is 2.11. The van der Waals surface area contributed by atoms with E-state index >= 15 is 0 Å². The third kappa shape index (κ3) is 4.04. The van der Waals surface area contributed by atoms with Crippen LogP contribution in [0.4, 0.5) is 0 Å². The summed E-state index contributed by atoms with van der Waals surface area (Å²) in [5.41, 5.74) is 2.30. The van der Waals surface area contributed by atoms with Gasteiger partial charge in [-0.25, -0.2) is 9.67 Å². The summed E-state index contributed by atoms with van der Waals surface area (Å²) in [6.45, 7) is 8.48. The van der Waals surface area contributed by atoms with Gasteiger partial charge in [-0.2, -0.15) is 5.10 Å². The molecule has 5 nitrogen and oxygen atoms in total. The van der Waals surface area contributed by atoms with E-state index in [9.17, 15) is 0 Å². The van der Waals surface area contributed by atoms with E-state index < -0.39 is 0 Å². The summed E-state index contributed by atoms with van der Waals surface area (Å²) in [4.78, 5) is 4.30. The quantitative estimate of drug-likeness (QED) is 0.850. The van der Waals surface area contributed by atoms with Gasteiger partial charge >= 0.3 is 0 Å². The van der Waals surface area contributed by atoms with Crippen LogP contribution in [0, 0.1) is 12.8 Å². The van der Waals surface area contributed by atoms with Crippen molar-refractivity contribution >= 4 is 0 Å². The molecule has 2 rings (SSSR count). The van der Waals surface area contributed by atoms with Crippen molar-refractivity contribution in [1.29, 1.82) is 0 Å². The fourth-order valence-electron chi connectivity index (χ4n) is 2.28. The molecule has 1 heterocycles. The summed E-state index contributed by atoms with van der Waals surface area (Å²) in [7, 11) is 1.94. The summed E-state index contributed by atoms with van der Waals surface area (Å²) >= 11 is 0. The van der Waals surface area contributed by atoms with Crippen molar-refractivity contribution in [2.24, 2.45) is 5.92 Å². The molecular weight excluding hydrogens is 264 g/mol. The van der Waals surface area contributed by atoms with Gasteiger partial charge in [0.15, 0.2) is 5.82 Å². The van der Waals surface area contributed by atoms with Crippen LogP contribution in [-0.4, -0.2) is 21.8 Å². The zero-order valence-corrected chi connectivity index (χ0v) is 13.3. The molecule has 5 heteroatoms. The molecule has 0 bridgehead atoms. The summed E-state index contributed by atoms with van der Waals surface area (Å²) in [5.74, 6) is 2.33. The first-order chi connectivity index (χ1) is 10.1. The van der Waals surface area contributed by atoms with E-state index in [1.54, 1.807) is 6.33 Å². The van der Waals surface area contributed by atoms with Crippen molar-refractivity contribution < 1.29 is 4.74 Å². The number of nitrogens with one attached hydrogen (secondary N) is 1. The van der Waals surface area contributed by atoms with Gasteiger partial charge in [0.25, 0.3) is 0 Å². The molecule has 1 aromatic heterocycles. The second-order valence-corrected chi connectivity index (χ2v) is 5.63. The van der Waals surface area contributed by atoms with Crippen molar-refractivity contribution in [1.82, 2.24) is 20.1 Å². The highest BCUT2D eigenvalue weighted by Gasteiger charge is 2.10. The Morgan fingerprint density at radius 2 is 2.14 bits per heavy atom. The predicted molar refractivity (Wildman–Crippen MR) is 83.1 cm³/mol. The Morgan fingerprint density at radius 3 is 2.86 bits per heavy atom. The maximum atomic E-state index is 6.02. The minimum atomic E-state index is 0.439.